The molecule has 0 unspecified atom stereocenters. The van der Waals surface area contributed by atoms with Crippen LogP contribution in [-0.2, 0) is 28.5 Å². The van der Waals surface area contributed by atoms with Crippen LogP contribution in [0, 0.1) is 0 Å². The Balaban J connectivity index is 1.71. The fraction of sp³-hybridized carbons (Fsp3) is 0.611. The highest BCUT2D eigenvalue weighted by Crippen LogP contribution is 2.07. The number of hydrogen-bond donors (Lipinski definition) is 0. The van der Waals surface area contributed by atoms with Gasteiger partial charge in [0.2, 0.25) is 0 Å². The van der Waals surface area contributed by atoms with Crippen LogP contribution in [0.25, 0.3) is 0 Å². The zero-order valence-electron chi connectivity index (χ0n) is 14.8. The Kier molecular flexibility index (Phi) is 13.5. The molecule has 25 heavy (non-hydrogen) atoms. The van der Waals surface area contributed by atoms with E-state index in [1.54, 1.807) is 0 Å². The molecular weight excluding hydrogens is 328 g/mol. The van der Waals surface area contributed by atoms with Gasteiger partial charge in [-0.05, 0) is 12.1 Å². The van der Waals surface area contributed by atoms with Gasteiger partial charge in [0.15, 0.2) is 0 Å². The number of carbonyl (C=O) groups excluding carboxylic acids is 1. The van der Waals surface area contributed by atoms with E-state index in [1.165, 1.54) is 6.92 Å². The summed E-state index contributed by atoms with van der Waals surface area (Å²) in [5, 5.41) is 0. The first-order valence-electron chi connectivity index (χ1n) is 8.41. The molecule has 1 aromatic rings. The maximum Gasteiger partial charge on any atom is 0.302 e. The molecule has 142 valence electrons. The van der Waals surface area contributed by atoms with E-state index in [0.29, 0.717) is 59.5 Å². The predicted octanol–water partition coefficient (Wildman–Crippen LogP) is 1.69. The molecule has 0 N–H and O–H groups in total. The van der Waals surface area contributed by atoms with E-state index in [-0.39, 0.29) is 12.6 Å². The van der Waals surface area contributed by atoms with E-state index in [0.717, 1.165) is 5.75 Å². The lowest BCUT2D eigenvalue weighted by Crippen LogP contribution is -2.14. The summed E-state index contributed by atoms with van der Waals surface area (Å²) in [6.07, 6.45) is 0. The zero-order chi connectivity index (χ0) is 18.0. The molecule has 0 aromatic heterocycles. The van der Waals surface area contributed by atoms with Crippen LogP contribution in [-0.4, -0.2) is 72.0 Å². The Bertz CT molecular complexity index is 425. The molecule has 0 saturated heterocycles. The number of benzene rings is 1. The molecule has 0 spiro atoms. The van der Waals surface area contributed by atoms with E-state index in [2.05, 4.69) is 0 Å². The van der Waals surface area contributed by atoms with Gasteiger partial charge in [-0.2, -0.15) is 0 Å². The van der Waals surface area contributed by atoms with Crippen LogP contribution < -0.4 is 4.74 Å². The third-order valence-corrected chi connectivity index (χ3v) is 2.89. The Labute approximate surface area is 149 Å². The van der Waals surface area contributed by atoms with Crippen molar-refractivity contribution in [3.63, 3.8) is 0 Å². The third-order valence-electron chi connectivity index (χ3n) is 2.89. The van der Waals surface area contributed by atoms with Crippen molar-refractivity contribution >= 4 is 5.97 Å². The highest BCUT2D eigenvalue weighted by molar-refractivity contribution is 5.65. The fourth-order valence-electron chi connectivity index (χ4n) is 1.74. The SMILES string of the molecule is CC(=O)OCCOCCOCCOCCOCCOc1ccccc1. The molecule has 0 atom stereocenters. The quantitative estimate of drug-likeness (QED) is 0.330. The molecule has 0 fully saturated rings. The van der Waals surface area contributed by atoms with Gasteiger partial charge < -0.3 is 28.4 Å². The summed E-state index contributed by atoms with van der Waals surface area (Å²) in [5.74, 6) is 0.541. The molecule has 0 aliphatic carbocycles. The maximum atomic E-state index is 10.5. The maximum absolute atomic E-state index is 10.5. The molecule has 7 nitrogen and oxygen atoms in total. The Morgan fingerprint density at radius 1 is 0.680 bits per heavy atom. The summed E-state index contributed by atoms with van der Waals surface area (Å²) >= 11 is 0. The first-order chi connectivity index (χ1) is 12.3. The van der Waals surface area contributed by atoms with Crippen molar-refractivity contribution < 1.29 is 33.2 Å². The second-order valence-corrected chi connectivity index (χ2v) is 4.95. The van der Waals surface area contributed by atoms with Crippen molar-refractivity contribution in [1.82, 2.24) is 0 Å². The highest BCUT2D eigenvalue weighted by Gasteiger charge is 1.95. The second kappa shape index (κ2) is 15.8. The minimum Gasteiger partial charge on any atom is -0.491 e. The van der Waals surface area contributed by atoms with Crippen molar-refractivity contribution in [2.24, 2.45) is 0 Å². The lowest BCUT2D eigenvalue weighted by molar-refractivity contribution is -0.142. The van der Waals surface area contributed by atoms with Gasteiger partial charge >= 0.3 is 5.97 Å². The minimum absolute atomic E-state index is 0.273. The Morgan fingerprint density at radius 2 is 1.12 bits per heavy atom. The third kappa shape index (κ3) is 14.4. The molecule has 0 aliphatic heterocycles. The van der Waals surface area contributed by atoms with Gasteiger partial charge in [-0.3, -0.25) is 4.79 Å². The van der Waals surface area contributed by atoms with Crippen LogP contribution in [0.3, 0.4) is 0 Å². The number of carbonyl (C=O) groups is 1. The number of esters is 1. The van der Waals surface area contributed by atoms with Gasteiger partial charge in [0, 0.05) is 6.92 Å². The highest BCUT2D eigenvalue weighted by atomic mass is 16.6. The van der Waals surface area contributed by atoms with Gasteiger partial charge in [0.25, 0.3) is 0 Å². The predicted molar refractivity (Wildman–Crippen MR) is 91.8 cm³/mol. The van der Waals surface area contributed by atoms with Crippen LogP contribution in [0.15, 0.2) is 30.3 Å². The van der Waals surface area contributed by atoms with Crippen LogP contribution in [0.4, 0.5) is 0 Å². The van der Waals surface area contributed by atoms with Gasteiger partial charge in [-0.25, -0.2) is 0 Å². The van der Waals surface area contributed by atoms with E-state index in [1.807, 2.05) is 30.3 Å². The van der Waals surface area contributed by atoms with Gasteiger partial charge in [0.1, 0.15) is 19.0 Å². The number of hydrogen-bond acceptors (Lipinski definition) is 7. The first kappa shape index (κ1) is 21.4. The molecular formula is C18H28O7. The number of rotatable bonds is 16. The molecule has 0 radical (unpaired) electrons. The molecule has 0 saturated carbocycles. The molecule has 0 amide bonds. The van der Waals surface area contributed by atoms with Crippen molar-refractivity contribution in [2.45, 2.75) is 6.92 Å². The minimum atomic E-state index is -0.301. The molecule has 0 heterocycles. The summed E-state index contributed by atoms with van der Waals surface area (Å²) < 4.78 is 31.6. The second-order valence-electron chi connectivity index (χ2n) is 4.95. The van der Waals surface area contributed by atoms with Crippen molar-refractivity contribution in [2.75, 3.05) is 66.1 Å². The zero-order valence-corrected chi connectivity index (χ0v) is 14.8. The Morgan fingerprint density at radius 3 is 1.60 bits per heavy atom. The average molecular weight is 356 g/mol. The summed E-state index contributed by atoms with van der Waals surface area (Å²) in [7, 11) is 0. The van der Waals surface area contributed by atoms with Crippen molar-refractivity contribution in [3.8, 4) is 5.75 Å². The van der Waals surface area contributed by atoms with Crippen LogP contribution in [0.2, 0.25) is 0 Å². The topological polar surface area (TPSA) is 72.5 Å². The van der Waals surface area contributed by atoms with E-state index in [9.17, 15) is 4.79 Å². The lowest BCUT2D eigenvalue weighted by Gasteiger charge is -2.08. The average Bonchev–Trinajstić information content (AvgIpc) is 2.62. The van der Waals surface area contributed by atoms with Gasteiger partial charge in [0.05, 0.1) is 52.9 Å². The van der Waals surface area contributed by atoms with E-state index >= 15 is 0 Å². The Hall–Kier alpha value is -1.67. The van der Waals surface area contributed by atoms with E-state index < -0.39 is 0 Å². The van der Waals surface area contributed by atoms with Crippen molar-refractivity contribution in [1.29, 1.82) is 0 Å². The largest absolute Gasteiger partial charge is 0.491 e. The molecule has 0 bridgehead atoms. The molecule has 0 aliphatic rings. The smallest absolute Gasteiger partial charge is 0.302 e. The van der Waals surface area contributed by atoms with Crippen LogP contribution in [0.1, 0.15) is 6.92 Å². The van der Waals surface area contributed by atoms with Crippen LogP contribution in [0.5, 0.6) is 5.75 Å². The van der Waals surface area contributed by atoms with E-state index in [4.69, 9.17) is 28.4 Å². The summed E-state index contributed by atoms with van der Waals surface area (Å²) in [4.78, 5) is 10.5. The number of ether oxygens (including phenoxy) is 6. The monoisotopic (exact) mass is 356 g/mol. The van der Waals surface area contributed by atoms with Crippen LogP contribution >= 0.6 is 0 Å². The number of para-hydroxylation sites is 1. The molecule has 1 aromatic carbocycles. The summed E-state index contributed by atoms with van der Waals surface area (Å²) in [5.41, 5.74) is 0. The lowest BCUT2D eigenvalue weighted by atomic mass is 10.3. The van der Waals surface area contributed by atoms with Crippen molar-refractivity contribution in [3.05, 3.63) is 30.3 Å². The summed E-state index contributed by atoms with van der Waals surface area (Å²) in [6.45, 7) is 6.07. The summed E-state index contributed by atoms with van der Waals surface area (Å²) in [6, 6.07) is 9.63. The molecule has 7 heteroatoms. The fourth-order valence-corrected chi connectivity index (χ4v) is 1.74. The van der Waals surface area contributed by atoms with Gasteiger partial charge in [-0.15, -0.1) is 0 Å². The first-order valence-corrected chi connectivity index (χ1v) is 8.41. The van der Waals surface area contributed by atoms with Gasteiger partial charge in [-0.1, -0.05) is 18.2 Å². The normalized spacial score (nSPS) is 10.6. The standard InChI is InChI=1S/C18H28O7/c1-17(19)24-15-13-22-11-9-20-7-8-21-10-12-23-14-16-25-18-5-3-2-4-6-18/h2-6H,7-16H2,1H3. The molecule has 1 rings (SSSR count).